The lowest BCUT2D eigenvalue weighted by molar-refractivity contribution is -0.697. The summed E-state index contributed by atoms with van der Waals surface area (Å²) in [5.41, 5.74) is 10.9. The predicted octanol–water partition coefficient (Wildman–Crippen LogP) is 8.34. The summed E-state index contributed by atoms with van der Waals surface area (Å²) >= 11 is 0. The van der Waals surface area contributed by atoms with Crippen LogP contribution in [0.5, 0.6) is 0 Å². The Kier molecular flexibility index (Phi) is 7.75. The zero-order chi connectivity index (χ0) is 30.7. The molecule has 0 N–H and O–H groups in total. The zero-order valence-electron chi connectivity index (χ0n) is 27.6. The summed E-state index contributed by atoms with van der Waals surface area (Å²) in [5, 5.41) is 0. The summed E-state index contributed by atoms with van der Waals surface area (Å²) in [6.45, 7) is 19.7. The van der Waals surface area contributed by atoms with E-state index in [-0.39, 0.29) is 21.7 Å². The molecule has 5 heteroatoms. The molecule has 4 aliphatic rings. The van der Waals surface area contributed by atoms with E-state index in [2.05, 4.69) is 127 Å². The van der Waals surface area contributed by atoms with E-state index >= 15 is 0 Å². The van der Waals surface area contributed by atoms with Gasteiger partial charge in [0.05, 0.1) is 0 Å². The van der Waals surface area contributed by atoms with Gasteiger partial charge < -0.3 is 13.3 Å². The first-order valence-corrected chi connectivity index (χ1v) is 17.2. The first-order valence-electron chi connectivity index (χ1n) is 15.3. The molecular formula is C37H50NO3Si+. The van der Waals surface area contributed by atoms with E-state index in [0.717, 1.165) is 19.0 Å². The molecule has 0 saturated heterocycles. The van der Waals surface area contributed by atoms with Crippen molar-refractivity contribution in [2.75, 3.05) is 21.3 Å². The summed E-state index contributed by atoms with van der Waals surface area (Å²) in [6.07, 6.45) is 22.5. The molecule has 0 spiro atoms. The van der Waals surface area contributed by atoms with Crippen LogP contribution in [0.3, 0.4) is 0 Å². The van der Waals surface area contributed by atoms with Crippen LogP contribution < -0.4 is 4.57 Å². The highest BCUT2D eigenvalue weighted by atomic mass is 28.4. The van der Waals surface area contributed by atoms with Crippen molar-refractivity contribution >= 4 is 14.4 Å². The lowest BCUT2D eigenvalue weighted by atomic mass is 9.44. The van der Waals surface area contributed by atoms with E-state index in [9.17, 15) is 0 Å². The molecule has 0 bridgehead atoms. The quantitative estimate of drug-likeness (QED) is 0.227. The largest absolute Gasteiger partial charge is 0.500 e. The molecule has 1 aromatic heterocycles. The molecule has 0 unspecified atom stereocenters. The Morgan fingerprint density at radius 3 is 1.74 bits per heavy atom. The number of aryl methyl sites for hydroxylation is 1. The summed E-state index contributed by atoms with van der Waals surface area (Å²) < 4.78 is 19.1. The maximum atomic E-state index is 5.61. The maximum absolute atomic E-state index is 5.61. The molecule has 42 heavy (non-hydrogen) atoms. The van der Waals surface area contributed by atoms with Crippen molar-refractivity contribution < 1.29 is 17.8 Å². The van der Waals surface area contributed by atoms with E-state index in [1.807, 2.05) is 0 Å². The standard InChI is InChI=1S/C37H50NO3Si/c1-34(2,3)29-21-27-13-14-28-22-30(35(4,5)6)25-33-32(24-31(23-29)36(27,7)37(28,33)8)26-15-18-38(19-16-26)17-12-20-42(39-9,40-10)41-11/h13-16,18-19,21-25H,12,17,20H2,1-11H3/q+1/t36-,37-/m1/s1. The number of pyridine rings is 1. The molecule has 1 heterocycles. The monoisotopic (exact) mass is 584 g/mol. The van der Waals surface area contributed by atoms with Crippen molar-refractivity contribution in [3.63, 3.8) is 0 Å². The number of hydrogen-bond acceptors (Lipinski definition) is 3. The van der Waals surface area contributed by atoms with Gasteiger partial charge in [0, 0.05) is 56.8 Å². The van der Waals surface area contributed by atoms with E-state index < -0.39 is 8.80 Å². The van der Waals surface area contributed by atoms with Gasteiger partial charge >= 0.3 is 8.80 Å². The SMILES string of the molecule is CO[Si](CCC[n+]1ccc(C2=C3C=C(C(C)(C)C)C=C4C=CC5=CC(C(C)(C)C)=CC(=C2)[C@]5(C)[C@]43C)cc1)(OC)OC. The van der Waals surface area contributed by atoms with Crippen molar-refractivity contribution in [3.8, 4) is 0 Å². The highest BCUT2D eigenvalue weighted by Crippen LogP contribution is 2.68. The third-order valence-corrected chi connectivity index (χ3v) is 13.1. The highest BCUT2D eigenvalue weighted by molar-refractivity contribution is 6.60. The molecule has 0 amide bonds. The van der Waals surface area contributed by atoms with Gasteiger partial charge in [0.15, 0.2) is 12.4 Å². The van der Waals surface area contributed by atoms with Gasteiger partial charge in [0.1, 0.15) is 6.54 Å². The number of aromatic nitrogens is 1. The first kappa shape index (κ1) is 30.9. The summed E-state index contributed by atoms with van der Waals surface area (Å²) in [4.78, 5) is 0. The van der Waals surface area contributed by atoms with Crippen molar-refractivity contribution in [2.24, 2.45) is 21.7 Å². The molecule has 4 aliphatic carbocycles. The second-order valence-electron chi connectivity index (χ2n) is 14.6. The minimum absolute atomic E-state index is 0.0536. The van der Waals surface area contributed by atoms with Crippen molar-refractivity contribution in [1.29, 1.82) is 0 Å². The fourth-order valence-electron chi connectivity index (χ4n) is 7.08. The normalized spacial score (nSPS) is 25.4. The Morgan fingerprint density at radius 1 is 0.690 bits per heavy atom. The van der Waals surface area contributed by atoms with Crippen LogP contribution in [-0.2, 0) is 19.8 Å². The Morgan fingerprint density at radius 2 is 1.21 bits per heavy atom. The molecule has 4 nitrogen and oxygen atoms in total. The van der Waals surface area contributed by atoms with Crippen molar-refractivity contribution in [3.05, 3.63) is 106 Å². The van der Waals surface area contributed by atoms with Gasteiger partial charge in [-0.2, -0.15) is 0 Å². The fraction of sp³-hybridized carbons (Fsp3) is 0.486. The molecule has 5 rings (SSSR count). The molecule has 2 atom stereocenters. The fourth-order valence-corrected chi connectivity index (χ4v) is 8.78. The van der Waals surface area contributed by atoms with Crippen LogP contribution in [0.4, 0.5) is 0 Å². The van der Waals surface area contributed by atoms with Crippen LogP contribution in [0.1, 0.15) is 67.4 Å². The number of rotatable bonds is 8. The van der Waals surface area contributed by atoms with Gasteiger partial charge in [-0.15, -0.1) is 0 Å². The Hall–Kier alpha value is -2.57. The Balaban J connectivity index is 1.61. The van der Waals surface area contributed by atoms with Crippen LogP contribution in [0.15, 0.2) is 100 Å². The average Bonchev–Trinajstić information content (AvgIpc) is 2.93. The van der Waals surface area contributed by atoms with Crippen molar-refractivity contribution in [2.45, 2.75) is 74.4 Å². The van der Waals surface area contributed by atoms with Crippen LogP contribution in [-0.4, -0.2) is 30.1 Å². The van der Waals surface area contributed by atoms with Gasteiger partial charge in [-0.3, -0.25) is 0 Å². The highest BCUT2D eigenvalue weighted by Gasteiger charge is 2.58. The van der Waals surface area contributed by atoms with Gasteiger partial charge in [0.2, 0.25) is 0 Å². The van der Waals surface area contributed by atoms with E-state index in [0.29, 0.717) is 0 Å². The molecular weight excluding hydrogens is 534 g/mol. The average molecular weight is 585 g/mol. The van der Waals surface area contributed by atoms with E-state index in [4.69, 9.17) is 13.3 Å². The van der Waals surface area contributed by atoms with Gasteiger partial charge in [-0.1, -0.05) is 91.8 Å². The van der Waals surface area contributed by atoms with Crippen LogP contribution in [0.2, 0.25) is 6.04 Å². The predicted molar refractivity (Wildman–Crippen MR) is 174 cm³/mol. The lowest BCUT2D eigenvalue weighted by Gasteiger charge is -2.58. The second kappa shape index (κ2) is 10.6. The Labute approximate surface area is 255 Å². The summed E-state index contributed by atoms with van der Waals surface area (Å²) in [5.74, 6) is 0. The lowest BCUT2D eigenvalue weighted by Crippen LogP contribution is -2.48. The first-order chi connectivity index (χ1) is 19.6. The molecule has 0 saturated carbocycles. The summed E-state index contributed by atoms with van der Waals surface area (Å²) in [6, 6.07) is 5.35. The van der Waals surface area contributed by atoms with Crippen LogP contribution >= 0.6 is 0 Å². The molecule has 224 valence electrons. The van der Waals surface area contributed by atoms with Crippen LogP contribution in [0, 0.1) is 21.7 Å². The minimum Gasteiger partial charge on any atom is -0.377 e. The molecule has 0 radical (unpaired) electrons. The smallest absolute Gasteiger partial charge is 0.377 e. The van der Waals surface area contributed by atoms with Gasteiger partial charge in [-0.25, -0.2) is 4.57 Å². The van der Waals surface area contributed by atoms with Crippen LogP contribution in [0.25, 0.3) is 5.57 Å². The second-order valence-corrected chi connectivity index (χ2v) is 17.7. The molecule has 0 aromatic carbocycles. The molecule has 0 aliphatic heterocycles. The zero-order valence-corrected chi connectivity index (χ0v) is 28.6. The third kappa shape index (κ3) is 4.83. The number of nitrogens with zero attached hydrogens (tertiary/aromatic N) is 1. The Bertz CT molecular complexity index is 1470. The van der Waals surface area contributed by atoms with Gasteiger partial charge in [-0.05, 0) is 61.5 Å². The van der Waals surface area contributed by atoms with Gasteiger partial charge in [0.25, 0.3) is 0 Å². The maximum Gasteiger partial charge on any atom is 0.500 e. The van der Waals surface area contributed by atoms with Crippen molar-refractivity contribution in [1.82, 2.24) is 0 Å². The number of hydrogen-bond donors (Lipinski definition) is 0. The minimum atomic E-state index is -2.56. The van der Waals surface area contributed by atoms with E-state index in [1.54, 1.807) is 21.3 Å². The summed E-state index contributed by atoms with van der Waals surface area (Å²) in [7, 11) is 2.47. The topological polar surface area (TPSA) is 31.6 Å². The third-order valence-electron chi connectivity index (χ3n) is 10.3. The van der Waals surface area contributed by atoms with E-state index in [1.165, 1.54) is 44.6 Å². The number of allylic oxidation sites excluding steroid dienone is 14. The molecule has 1 aromatic rings. The molecule has 0 fully saturated rings.